The van der Waals surface area contributed by atoms with E-state index >= 15 is 0 Å². The quantitative estimate of drug-likeness (QED) is 0.685. The molecule has 1 unspecified atom stereocenters. The minimum Gasteiger partial charge on any atom is -0.468 e. The highest BCUT2D eigenvalue weighted by Crippen LogP contribution is 2.33. The molecule has 0 aliphatic heterocycles. The molecule has 1 rings (SSSR count). The first-order chi connectivity index (χ1) is 9.16. The monoisotopic (exact) mass is 293 g/mol. The molecule has 1 atom stereocenters. The minimum atomic E-state index is -4.82. The largest absolute Gasteiger partial charge is 0.468 e. The first-order valence-electron chi connectivity index (χ1n) is 5.87. The Balaban J connectivity index is 3.24. The topological polar surface area (TPSA) is 38.3 Å². The molecular formula is C13H15F4NO2. The lowest BCUT2D eigenvalue weighted by molar-refractivity contribution is -0.144. The van der Waals surface area contributed by atoms with Crippen LogP contribution in [0, 0.1) is 5.82 Å². The van der Waals surface area contributed by atoms with Crippen LogP contribution in [0.5, 0.6) is 0 Å². The smallest absolute Gasteiger partial charge is 0.419 e. The van der Waals surface area contributed by atoms with E-state index in [0.717, 1.165) is 13.2 Å². The van der Waals surface area contributed by atoms with E-state index in [2.05, 4.69) is 10.1 Å². The molecule has 0 fully saturated rings. The van der Waals surface area contributed by atoms with E-state index in [-0.39, 0.29) is 11.6 Å². The van der Waals surface area contributed by atoms with Crippen molar-refractivity contribution in [3.05, 3.63) is 35.1 Å². The SMILES string of the molecule is COC(=O)C(NC(C)C)c1ccc(F)c(C(F)(F)F)c1. The number of ether oxygens (including phenoxy) is 1. The van der Waals surface area contributed by atoms with Crippen molar-refractivity contribution < 1.29 is 27.1 Å². The Labute approximate surface area is 113 Å². The zero-order valence-corrected chi connectivity index (χ0v) is 11.2. The molecule has 112 valence electrons. The van der Waals surface area contributed by atoms with Crippen LogP contribution in [-0.4, -0.2) is 19.1 Å². The molecule has 0 saturated carbocycles. The summed E-state index contributed by atoms with van der Waals surface area (Å²) >= 11 is 0. The van der Waals surface area contributed by atoms with Crippen LogP contribution in [0.25, 0.3) is 0 Å². The number of hydrogen-bond donors (Lipinski definition) is 1. The van der Waals surface area contributed by atoms with Gasteiger partial charge in [0.25, 0.3) is 0 Å². The van der Waals surface area contributed by atoms with Crippen molar-refractivity contribution >= 4 is 5.97 Å². The maximum absolute atomic E-state index is 13.2. The average Bonchev–Trinajstić information content (AvgIpc) is 2.34. The first-order valence-corrected chi connectivity index (χ1v) is 5.87. The molecule has 0 radical (unpaired) electrons. The van der Waals surface area contributed by atoms with Gasteiger partial charge in [-0.3, -0.25) is 5.32 Å². The van der Waals surface area contributed by atoms with Crippen molar-refractivity contribution in [2.24, 2.45) is 0 Å². The molecule has 7 heteroatoms. The first kappa shape index (κ1) is 16.4. The molecule has 0 aromatic heterocycles. The van der Waals surface area contributed by atoms with Crippen LogP contribution in [0.2, 0.25) is 0 Å². The third-order valence-electron chi connectivity index (χ3n) is 2.57. The Morgan fingerprint density at radius 2 is 1.90 bits per heavy atom. The van der Waals surface area contributed by atoms with E-state index in [1.807, 2.05) is 0 Å². The summed E-state index contributed by atoms with van der Waals surface area (Å²) in [5, 5.41) is 2.78. The van der Waals surface area contributed by atoms with E-state index in [0.29, 0.717) is 12.1 Å². The van der Waals surface area contributed by atoms with Crippen LogP contribution in [0.1, 0.15) is 31.0 Å². The van der Waals surface area contributed by atoms with Crippen LogP contribution in [0.15, 0.2) is 18.2 Å². The van der Waals surface area contributed by atoms with Crippen LogP contribution in [0.3, 0.4) is 0 Å². The number of carbonyl (C=O) groups excluding carboxylic acids is 1. The number of benzene rings is 1. The number of rotatable bonds is 4. The van der Waals surface area contributed by atoms with Crippen LogP contribution >= 0.6 is 0 Å². The summed E-state index contributed by atoms with van der Waals surface area (Å²) in [4.78, 5) is 11.6. The van der Waals surface area contributed by atoms with Gasteiger partial charge >= 0.3 is 12.1 Å². The second kappa shape index (κ2) is 6.21. The molecule has 0 amide bonds. The van der Waals surface area contributed by atoms with Gasteiger partial charge < -0.3 is 4.74 Å². The standard InChI is InChI=1S/C13H15F4NO2/c1-7(2)18-11(12(19)20-3)8-4-5-10(14)9(6-8)13(15,16)17/h4-7,11,18H,1-3H3. The third kappa shape index (κ3) is 3.93. The van der Waals surface area contributed by atoms with Crippen molar-refractivity contribution in [1.29, 1.82) is 0 Å². The van der Waals surface area contributed by atoms with Gasteiger partial charge in [-0.25, -0.2) is 9.18 Å². The molecule has 1 aromatic carbocycles. The predicted octanol–water partition coefficient (Wildman–Crippen LogP) is 3.06. The summed E-state index contributed by atoms with van der Waals surface area (Å²) in [6, 6.07) is 1.18. The van der Waals surface area contributed by atoms with Crippen molar-refractivity contribution in [2.45, 2.75) is 32.1 Å². The maximum atomic E-state index is 13.2. The molecule has 20 heavy (non-hydrogen) atoms. The lowest BCUT2D eigenvalue weighted by Crippen LogP contribution is -2.34. The van der Waals surface area contributed by atoms with Gasteiger partial charge in [-0.05, 0) is 31.5 Å². The number of esters is 1. The average molecular weight is 293 g/mol. The van der Waals surface area contributed by atoms with E-state index in [9.17, 15) is 22.4 Å². The predicted molar refractivity (Wildman–Crippen MR) is 64.4 cm³/mol. The lowest BCUT2D eigenvalue weighted by Gasteiger charge is -2.20. The summed E-state index contributed by atoms with van der Waals surface area (Å²) in [5.41, 5.74) is -1.41. The van der Waals surface area contributed by atoms with E-state index < -0.39 is 29.6 Å². The van der Waals surface area contributed by atoms with Crippen molar-refractivity contribution in [3.8, 4) is 0 Å². The van der Waals surface area contributed by atoms with E-state index in [1.165, 1.54) is 0 Å². The second-order valence-corrected chi connectivity index (χ2v) is 4.51. The van der Waals surface area contributed by atoms with Gasteiger partial charge in [-0.15, -0.1) is 0 Å². The Morgan fingerprint density at radius 1 is 1.30 bits per heavy atom. The van der Waals surface area contributed by atoms with E-state index in [4.69, 9.17) is 0 Å². The van der Waals surface area contributed by atoms with Gasteiger partial charge in [-0.2, -0.15) is 13.2 Å². The summed E-state index contributed by atoms with van der Waals surface area (Å²) in [6.45, 7) is 3.45. The molecule has 0 heterocycles. The van der Waals surface area contributed by atoms with Crippen LogP contribution < -0.4 is 5.32 Å². The normalized spacial score (nSPS) is 13.4. The highest BCUT2D eigenvalue weighted by molar-refractivity contribution is 5.77. The summed E-state index contributed by atoms with van der Waals surface area (Å²) in [7, 11) is 1.13. The molecule has 0 spiro atoms. The summed E-state index contributed by atoms with van der Waals surface area (Å²) in [5.74, 6) is -2.12. The molecule has 1 N–H and O–H groups in total. The molecular weight excluding hydrogens is 278 g/mol. The van der Waals surface area contributed by atoms with Crippen molar-refractivity contribution in [3.63, 3.8) is 0 Å². The molecule has 1 aromatic rings. The highest BCUT2D eigenvalue weighted by Gasteiger charge is 2.35. The van der Waals surface area contributed by atoms with Gasteiger partial charge in [0.2, 0.25) is 0 Å². The number of hydrogen-bond acceptors (Lipinski definition) is 3. The molecule has 0 aliphatic carbocycles. The molecule has 0 saturated heterocycles. The Kier molecular flexibility index (Phi) is 5.10. The molecule has 0 bridgehead atoms. The van der Waals surface area contributed by atoms with Crippen molar-refractivity contribution in [2.75, 3.05) is 7.11 Å². The van der Waals surface area contributed by atoms with Gasteiger partial charge in [0.05, 0.1) is 12.7 Å². The fourth-order valence-corrected chi connectivity index (χ4v) is 1.69. The van der Waals surface area contributed by atoms with Gasteiger partial charge in [0, 0.05) is 6.04 Å². The van der Waals surface area contributed by atoms with Crippen molar-refractivity contribution in [1.82, 2.24) is 5.32 Å². The van der Waals surface area contributed by atoms with E-state index in [1.54, 1.807) is 13.8 Å². The Morgan fingerprint density at radius 3 is 2.35 bits per heavy atom. The number of halogens is 4. The zero-order chi connectivity index (χ0) is 15.5. The lowest BCUT2D eigenvalue weighted by atomic mass is 10.0. The number of nitrogens with one attached hydrogen (secondary N) is 1. The Bertz CT molecular complexity index is 486. The van der Waals surface area contributed by atoms with Gasteiger partial charge in [-0.1, -0.05) is 6.07 Å². The van der Waals surface area contributed by atoms with Gasteiger partial charge in [0.15, 0.2) is 0 Å². The minimum absolute atomic E-state index is 0.000671. The molecule has 0 aliphatic rings. The fourth-order valence-electron chi connectivity index (χ4n) is 1.69. The Hall–Kier alpha value is -1.63. The van der Waals surface area contributed by atoms with Crippen LogP contribution in [0.4, 0.5) is 17.6 Å². The number of carbonyl (C=O) groups is 1. The molecule has 3 nitrogen and oxygen atoms in total. The summed E-state index contributed by atoms with van der Waals surface area (Å²) in [6.07, 6.45) is -4.82. The second-order valence-electron chi connectivity index (χ2n) is 4.51. The van der Waals surface area contributed by atoms with Crippen LogP contribution in [-0.2, 0) is 15.7 Å². The third-order valence-corrected chi connectivity index (χ3v) is 2.57. The maximum Gasteiger partial charge on any atom is 0.419 e. The fraction of sp³-hybridized carbons (Fsp3) is 0.462. The summed E-state index contributed by atoms with van der Waals surface area (Å²) < 4.78 is 55.7. The van der Waals surface area contributed by atoms with Gasteiger partial charge in [0.1, 0.15) is 11.9 Å². The zero-order valence-electron chi connectivity index (χ0n) is 11.2. The highest BCUT2D eigenvalue weighted by atomic mass is 19.4. The number of methoxy groups -OCH3 is 1. The number of alkyl halides is 3.